The lowest BCUT2D eigenvalue weighted by Gasteiger charge is -2.04. The molecule has 1 heterocycles. The molecule has 2 unspecified atom stereocenters. The van der Waals surface area contributed by atoms with Gasteiger partial charge in [0.05, 0.1) is 12.8 Å². The topological polar surface area (TPSA) is 54.7 Å². The lowest BCUT2D eigenvalue weighted by Crippen LogP contribution is -2.07. The third kappa shape index (κ3) is 2.37. The Labute approximate surface area is 117 Å². The molecule has 0 aliphatic heterocycles. The van der Waals surface area contributed by atoms with Gasteiger partial charge >= 0.3 is 0 Å². The fourth-order valence-electron chi connectivity index (χ4n) is 2.55. The summed E-state index contributed by atoms with van der Waals surface area (Å²) in [5, 5.41) is 12.7. The standard InChI is InChI=1S/C16H16N2O2/c1-20-12-7-5-11(6-8-12)13-10-14(13)16(18-19)15-4-2-3-9-17-15/h2-9,13-14,19H,10H2,1H3. The van der Waals surface area contributed by atoms with Crippen molar-refractivity contribution in [2.75, 3.05) is 7.11 Å². The van der Waals surface area contributed by atoms with Gasteiger partial charge in [0.1, 0.15) is 11.5 Å². The van der Waals surface area contributed by atoms with Gasteiger partial charge in [0.2, 0.25) is 0 Å². The minimum absolute atomic E-state index is 0.239. The monoisotopic (exact) mass is 268 g/mol. The highest BCUT2D eigenvalue weighted by molar-refractivity contribution is 6.02. The normalized spacial score (nSPS) is 21.6. The molecule has 20 heavy (non-hydrogen) atoms. The van der Waals surface area contributed by atoms with E-state index in [-0.39, 0.29) is 5.92 Å². The van der Waals surface area contributed by atoms with Gasteiger partial charge in [0.25, 0.3) is 0 Å². The molecule has 1 fully saturated rings. The molecule has 1 N–H and O–H groups in total. The first-order valence-electron chi connectivity index (χ1n) is 6.61. The van der Waals surface area contributed by atoms with E-state index in [9.17, 15) is 5.21 Å². The first-order chi connectivity index (χ1) is 9.83. The van der Waals surface area contributed by atoms with Crippen molar-refractivity contribution in [2.45, 2.75) is 12.3 Å². The van der Waals surface area contributed by atoms with Crippen molar-refractivity contribution in [2.24, 2.45) is 11.1 Å². The van der Waals surface area contributed by atoms with E-state index < -0.39 is 0 Å². The summed E-state index contributed by atoms with van der Waals surface area (Å²) in [6.45, 7) is 0. The van der Waals surface area contributed by atoms with Crippen LogP contribution in [0.1, 0.15) is 23.6 Å². The van der Waals surface area contributed by atoms with Crippen LogP contribution >= 0.6 is 0 Å². The Morgan fingerprint density at radius 1 is 1.25 bits per heavy atom. The quantitative estimate of drug-likeness (QED) is 0.526. The van der Waals surface area contributed by atoms with Crippen LogP contribution in [0.4, 0.5) is 0 Å². The van der Waals surface area contributed by atoms with E-state index in [1.807, 2.05) is 30.3 Å². The lowest BCUT2D eigenvalue weighted by molar-refractivity contribution is 0.317. The molecule has 4 heteroatoms. The minimum atomic E-state index is 0.239. The first-order valence-corrected chi connectivity index (χ1v) is 6.61. The number of rotatable bonds is 4. The van der Waals surface area contributed by atoms with Crippen LogP contribution in [-0.4, -0.2) is 23.0 Å². The first kappa shape index (κ1) is 12.7. The molecule has 1 aromatic heterocycles. The second-order valence-electron chi connectivity index (χ2n) is 4.92. The Morgan fingerprint density at radius 3 is 2.65 bits per heavy atom. The molecular formula is C16H16N2O2. The third-order valence-corrected chi connectivity index (χ3v) is 3.72. The second kappa shape index (κ2) is 5.33. The van der Waals surface area contributed by atoms with Crippen LogP contribution in [-0.2, 0) is 0 Å². The van der Waals surface area contributed by atoms with Crippen LogP contribution in [0.2, 0.25) is 0 Å². The molecule has 3 rings (SSSR count). The molecule has 0 spiro atoms. The van der Waals surface area contributed by atoms with Crippen LogP contribution in [0, 0.1) is 5.92 Å². The molecule has 0 bridgehead atoms. The van der Waals surface area contributed by atoms with Crippen molar-refractivity contribution in [1.82, 2.24) is 4.98 Å². The van der Waals surface area contributed by atoms with Crippen LogP contribution < -0.4 is 4.74 Å². The van der Waals surface area contributed by atoms with E-state index in [1.54, 1.807) is 13.3 Å². The molecule has 4 nitrogen and oxygen atoms in total. The molecule has 0 saturated heterocycles. The number of ether oxygens (including phenoxy) is 1. The summed E-state index contributed by atoms with van der Waals surface area (Å²) in [4.78, 5) is 4.26. The number of nitrogens with zero attached hydrogens (tertiary/aromatic N) is 2. The smallest absolute Gasteiger partial charge is 0.118 e. The summed E-state index contributed by atoms with van der Waals surface area (Å²) >= 11 is 0. The number of benzene rings is 1. The Kier molecular flexibility index (Phi) is 3.37. The van der Waals surface area contributed by atoms with Gasteiger partial charge in [-0.25, -0.2) is 0 Å². The summed E-state index contributed by atoms with van der Waals surface area (Å²) < 4.78 is 5.16. The summed E-state index contributed by atoms with van der Waals surface area (Å²) in [6, 6.07) is 13.7. The summed E-state index contributed by atoms with van der Waals surface area (Å²) in [5.41, 5.74) is 2.66. The minimum Gasteiger partial charge on any atom is -0.497 e. The molecule has 2 atom stereocenters. The Bertz CT molecular complexity index is 608. The highest BCUT2D eigenvalue weighted by atomic mass is 16.5. The fraction of sp³-hybridized carbons (Fsp3) is 0.250. The van der Waals surface area contributed by atoms with Crippen LogP contribution in [0.25, 0.3) is 0 Å². The average Bonchev–Trinajstić information content (AvgIpc) is 3.30. The number of pyridine rings is 1. The number of hydrogen-bond acceptors (Lipinski definition) is 4. The molecule has 2 aromatic rings. The third-order valence-electron chi connectivity index (χ3n) is 3.72. The second-order valence-corrected chi connectivity index (χ2v) is 4.92. The lowest BCUT2D eigenvalue weighted by atomic mass is 10.1. The fourth-order valence-corrected chi connectivity index (χ4v) is 2.55. The zero-order valence-electron chi connectivity index (χ0n) is 11.2. The maximum atomic E-state index is 9.26. The molecule has 1 saturated carbocycles. The summed E-state index contributed by atoms with van der Waals surface area (Å²) in [6.07, 6.45) is 2.70. The van der Waals surface area contributed by atoms with Crippen molar-refractivity contribution in [1.29, 1.82) is 0 Å². The van der Waals surface area contributed by atoms with Gasteiger partial charge in [0.15, 0.2) is 0 Å². The van der Waals surface area contributed by atoms with E-state index in [2.05, 4.69) is 22.3 Å². The largest absolute Gasteiger partial charge is 0.497 e. The van der Waals surface area contributed by atoms with Crippen LogP contribution in [0.3, 0.4) is 0 Å². The molecule has 1 aliphatic rings. The van der Waals surface area contributed by atoms with E-state index in [0.29, 0.717) is 11.6 Å². The van der Waals surface area contributed by atoms with Crippen molar-refractivity contribution in [3.63, 3.8) is 0 Å². The van der Waals surface area contributed by atoms with Gasteiger partial charge in [-0.2, -0.15) is 0 Å². The Balaban J connectivity index is 1.77. The molecule has 0 radical (unpaired) electrons. The van der Waals surface area contributed by atoms with Crippen molar-refractivity contribution < 1.29 is 9.94 Å². The molecular weight excluding hydrogens is 252 g/mol. The van der Waals surface area contributed by atoms with Crippen LogP contribution in [0.15, 0.2) is 53.8 Å². The van der Waals surface area contributed by atoms with Crippen molar-refractivity contribution >= 4 is 5.71 Å². The van der Waals surface area contributed by atoms with E-state index in [1.165, 1.54) is 5.56 Å². The Morgan fingerprint density at radius 2 is 2.05 bits per heavy atom. The van der Waals surface area contributed by atoms with Crippen molar-refractivity contribution in [3.05, 3.63) is 59.9 Å². The van der Waals surface area contributed by atoms with Gasteiger partial charge in [-0.3, -0.25) is 4.98 Å². The van der Waals surface area contributed by atoms with Crippen molar-refractivity contribution in [3.8, 4) is 5.75 Å². The Hall–Kier alpha value is -2.36. The SMILES string of the molecule is COc1ccc(C2CC2C(=NO)c2ccccn2)cc1. The number of methoxy groups -OCH3 is 1. The molecule has 1 aliphatic carbocycles. The predicted octanol–water partition coefficient (Wildman–Crippen LogP) is 3.07. The van der Waals surface area contributed by atoms with E-state index in [0.717, 1.165) is 17.9 Å². The predicted molar refractivity (Wildman–Crippen MR) is 76.4 cm³/mol. The van der Waals surface area contributed by atoms with Gasteiger partial charge in [0, 0.05) is 12.1 Å². The average molecular weight is 268 g/mol. The highest BCUT2D eigenvalue weighted by Crippen LogP contribution is 2.49. The number of hydrogen-bond donors (Lipinski definition) is 1. The molecule has 102 valence electrons. The van der Waals surface area contributed by atoms with Gasteiger partial charge in [-0.15, -0.1) is 0 Å². The number of oxime groups is 1. The highest BCUT2D eigenvalue weighted by Gasteiger charge is 2.43. The maximum Gasteiger partial charge on any atom is 0.118 e. The number of aromatic nitrogens is 1. The zero-order chi connectivity index (χ0) is 13.9. The van der Waals surface area contributed by atoms with Gasteiger partial charge in [-0.1, -0.05) is 23.4 Å². The van der Waals surface area contributed by atoms with Gasteiger partial charge in [-0.05, 0) is 42.2 Å². The molecule has 0 amide bonds. The van der Waals surface area contributed by atoms with Gasteiger partial charge < -0.3 is 9.94 Å². The van der Waals surface area contributed by atoms with Crippen LogP contribution in [0.5, 0.6) is 5.75 Å². The maximum absolute atomic E-state index is 9.26. The zero-order valence-corrected chi connectivity index (χ0v) is 11.2. The molecule has 1 aromatic carbocycles. The van der Waals surface area contributed by atoms with E-state index >= 15 is 0 Å². The van der Waals surface area contributed by atoms with E-state index in [4.69, 9.17) is 4.74 Å². The summed E-state index contributed by atoms with van der Waals surface area (Å²) in [5.74, 6) is 1.49. The summed E-state index contributed by atoms with van der Waals surface area (Å²) in [7, 11) is 1.66.